The number of rotatable bonds is 10. The number of ketones is 1. The number of hydrogen-bond donors (Lipinski definition) is 2. The molecule has 0 heterocycles. The summed E-state index contributed by atoms with van der Waals surface area (Å²) >= 11 is 10.1. The van der Waals surface area contributed by atoms with E-state index < -0.39 is 0 Å². The zero-order chi connectivity index (χ0) is 24.8. The van der Waals surface area contributed by atoms with Crippen LogP contribution in [-0.4, -0.2) is 22.6 Å². The molecule has 0 atom stereocenters. The lowest BCUT2D eigenvalue weighted by Crippen LogP contribution is -2.11. The van der Waals surface area contributed by atoms with E-state index in [0.29, 0.717) is 35.8 Å². The zero-order valence-electron chi connectivity index (χ0n) is 19.7. The van der Waals surface area contributed by atoms with Crippen molar-refractivity contribution in [3.8, 4) is 17.2 Å². The minimum atomic E-state index is -0.0169. The van der Waals surface area contributed by atoms with Gasteiger partial charge in [-0.25, -0.2) is 0 Å². The van der Waals surface area contributed by atoms with E-state index >= 15 is 0 Å². The number of aryl methyl sites for hydroxylation is 2. The van der Waals surface area contributed by atoms with E-state index in [1.165, 1.54) is 0 Å². The molecule has 6 heteroatoms. The number of phenolic OH excluding ortho intramolecular Hbond substituents is 2. The topological polar surface area (TPSA) is 66.8 Å². The predicted octanol–water partition coefficient (Wildman–Crippen LogP) is 7.51. The fraction of sp³-hybridized carbons (Fsp3) is 0.321. The van der Waals surface area contributed by atoms with Gasteiger partial charge in [0.05, 0.1) is 0 Å². The van der Waals surface area contributed by atoms with Crippen LogP contribution in [0.1, 0.15) is 60.4 Å². The Morgan fingerprint density at radius 3 is 2.44 bits per heavy atom. The molecule has 0 amide bonds. The summed E-state index contributed by atoms with van der Waals surface area (Å²) in [4.78, 5) is 12.3. The molecule has 180 valence electrons. The second kappa shape index (κ2) is 11.8. The smallest absolute Gasteiger partial charge is 0.170 e. The Morgan fingerprint density at radius 2 is 1.76 bits per heavy atom. The molecule has 0 aliphatic carbocycles. The van der Waals surface area contributed by atoms with Gasteiger partial charge >= 0.3 is 0 Å². The van der Waals surface area contributed by atoms with Crippen LogP contribution in [0.2, 0.25) is 5.02 Å². The molecule has 0 saturated heterocycles. The summed E-state index contributed by atoms with van der Waals surface area (Å²) in [5.74, 6) is 1.35. The number of Topliss-reactive ketones (excluding diaryl/α,β-unsaturated/α-hetero) is 1. The van der Waals surface area contributed by atoms with E-state index in [1.807, 2.05) is 51.1 Å². The van der Waals surface area contributed by atoms with Crippen LogP contribution < -0.4 is 4.74 Å². The van der Waals surface area contributed by atoms with Crippen LogP contribution in [0.25, 0.3) is 0 Å². The van der Waals surface area contributed by atoms with Crippen molar-refractivity contribution in [2.75, 3.05) is 6.61 Å². The van der Waals surface area contributed by atoms with Crippen LogP contribution in [-0.2, 0) is 17.6 Å². The van der Waals surface area contributed by atoms with Crippen LogP contribution in [0.5, 0.6) is 17.2 Å². The number of hydrogen-bond acceptors (Lipinski definition) is 4. The summed E-state index contributed by atoms with van der Waals surface area (Å²) in [7, 11) is 0. The number of aromatic hydroxyl groups is 2. The number of phenols is 2. The lowest BCUT2D eigenvalue weighted by atomic mass is 9.96. The highest BCUT2D eigenvalue weighted by atomic mass is 79.9. The lowest BCUT2D eigenvalue weighted by molar-refractivity contribution is -0.121. The van der Waals surface area contributed by atoms with Gasteiger partial charge in [-0.2, -0.15) is 0 Å². The largest absolute Gasteiger partial charge is 0.508 e. The van der Waals surface area contributed by atoms with Gasteiger partial charge < -0.3 is 14.9 Å². The van der Waals surface area contributed by atoms with Crippen molar-refractivity contribution < 1.29 is 19.7 Å². The Bertz CT molecular complexity index is 1150. The number of benzene rings is 3. The van der Waals surface area contributed by atoms with E-state index in [-0.39, 0.29) is 24.1 Å². The summed E-state index contributed by atoms with van der Waals surface area (Å²) in [5.41, 5.74) is 4.73. The van der Waals surface area contributed by atoms with Crippen LogP contribution >= 0.6 is 27.5 Å². The molecule has 34 heavy (non-hydrogen) atoms. The SMILES string of the molecule is Cc1ccc(CCCC(=O)COc2cc(Cl)c(Cc3ccc(O)c(C(C)C)c3)c(Br)c2)cc1O. The van der Waals surface area contributed by atoms with Crippen LogP contribution in [0.3, 0.4) is 0 Å². The van der Waals surface area contributed by atoms with Crippen molar-refractivity contribution in [1.82, 2.24) is 0 Å². The lowest BCUT2D eigenvalue weighted by Gasteiger charge is -2.14. The molecule has 0 aromatic heterocycles. The molecule has 0 radical (unpaired) electrons. The number of ether oxygens (including phenoxy) is 1. The maximum Gasteiger partial charge on any atom is 0.170 e. The molecular weight excluding hydrogens is 516 g/mol. The third-order valence-corrected chi connectivity index (χ3v) is 6.85. The summed E-state index contributed by atoms with van der Waals surface area (Å²) in [6.45, 7) is 5.93. The Morgan fingerprint density at radius 1 is 1.03 bits per heavy atom. The van der Waals surface area contributed by atoms with Gasteiger partial charge in [0.2, 0.25) is 0 Å². The molecule has 2 N–H and O–H groups in total. The first-order chi connectivity index (χ1) is 16.1. The minimum absolute atomic E-state index is 0.0120. The molecule has 0 saturated carbocycles. The van der Waals surface area contributed by atoms with Crippen molar-refractivity contribution in [1.29, 1.82) is 0 Å². The minimum Gasteiger partial charge on any atom is -0.508 e. The number of halogens is 2. The van der Waals surface area contributed by atoms with Crippen molar-refractivity contribution in [3.05, 3.63) is 85.8 Å². The van der Waals surface area contributed by atoms with Gasteiger partial charge in [-0.15, -0.1) is 0 Å². The number of carbonyl (C=O) groups excluding carboxylic acids is 1. The zero-order valence-corrected chi connectivity index (χ0v) is 22.0. The van der Waals surface area contributed by atoms with Crippen molar-refractivity contribution in [2.45, 2.75) is 52.4 Å². The van der Waals surface area contributed by atoms with E-state index in [9.17, 15) is 15.0 Å². The van der Waals surface area contributed by atoms with Crippen LogP contribution in [0.4, 0.5) is 0 Å². The van der Waals surface area contributed by atoms with E-state index in [2.05, 4.69) is 15.9 Å². The third-order valence-electron chi connectivity index (χ3n) is 5.80. The Balaban J connectivity index is 1.55. The Hall–Kier alpha value is -2.50. The molecule has 3 aromatic carbocycles. The summed E-state index contributed by atoms with van der Waals surface area (Å²) < 4.78 is 6.51. The molecule has 3 rings (SSSR count). The summed E-state index contributed by atoms with van der Waals surface area (Å²) in [6.07, 6.45) is 2.42. The molecule has 0 aliphatic rings. The average Bonchev–Trinajstić information content (AvgIpc) is 2.78. The van der Waals surface area contributed by atoms with Crippen molar-refractivity contribution in [2.24, 2.45) is 0 Å². The van der Waals surface area contributed by atoms with Gasteiger partial charge in [-0.05, 0) is 77.8 Å². The van der Waals surface area contributed by atoms with Gasteiger partial charge in [0.1, 0.15) is 23.9 Å². The summed E-state index contributed by atoms with van der Waals surface area (Å²) in [5, 5.41) is 20.4. The number of carbonyl (C=O) groups is 1. The molecule has 0 spiro atoms. The van der Waals surface area contributed by atoms with Gasteiger partial charge in [0, 0.05) is 22.3 Å². The predicted molar refractivity (Wildman–Crippen MR) is 140 cm³/mol. The second-order valence-corrected chi connectivity index (χ2v) is 10.2. The summed E-state index contributed by atoms with van der Waals surface area (Å²) in [6, 6.07) is 14.8. The normalized spacial score (nSPS) is 11.1. The first-order valence-electron chi connectivity index (χ1n) is 11.4. The van der Waals surface area contributed by atoms with Gasteiger partial charge in [-0.3, -0.25) is 4.79 Å². The molecule has 0 bridgehead atoms. The van der Waals surface area contributed by atoms with Crippen molar-refractivity contribution >= 4 is 33.3 Å². The third kappa shape index (κ3) is 7.00. The standard InChI is InChI=1S/C28H30BrClO4/c1-17(2)23-11-20(9-10-27(23)32)12-24-25(29)14-22(15-26(24)30)34-16-21(31)6-4-5-19-8-7-18(3)28(33)13-19/h7-11,13-15,17,32-33H,4-6,12,16H2,1-3H3. The second-order valence-electron chi connectivity index (χ2n) is 8.89. The van der Waals surface area contributed by atoms with E-state index in [4.69, 9.17) is 16.3 Å². The maximum absolute atomic E-state index is 12.3. The molecule has 0 fully saturated rings. The van der Waals surface area contributed by atoms with Crippen LogP contribution in [0.15, 0.2) is 53.0 Å². The monoisotopic (exact) mass is 544 g/mol. The molecule has 0 unspecified atom stereocenters. The molecular formula is C28H30BrClO4. The van der Waals surface area contributed by atoms with Crippen LogP contribution in [0, 0.1) is 6.92 Å². The highest BCUT2D eigenvalue weighted by Crippen LogP contribution is 2.34. The van der Waals surface area contributed by atoms with E-state index in [0.717, 1.165) is 38.7 Å². The Kier molecular flexibility index (Phi) is 9.03. The first-order valence-corrected chi connectivity index (χ1v) is 12.5. The molecule has 3 aromatic rings. The highest BCUT2D eigenvalue weighted by Gasteiger charge is 2.13. The fourth-order valence-corrected chi connectivity index (χ4v) is 4.72. The van der Waals surface area contributed by atoms with Crippen molar-refractivity contribution in [3.63, 3.8) is 0 Å². The van der Waals surface area contributed by atoms with Gasteiger partial charge in [-0.1, -0.05) is 65.6 Å². The van der Waals surface area contributed by atoms with Gasteiger partial charge in [0.25, 0.3) is 0 Å². The van der Waals surface area contributed by atoms with Gasteiger partial charge in [0.15, 0.2) is 5.78 Å². The first kappa shape index (κ1) is 26.1. The molecule has 4 nitrogen and oxygen atoms in total. The van der Waals surface area contributed by atoms with E-state index in [1.54, 1.807) is 18.2 Å². The fourth-order valence-electron chi connectivity index (χ4n) is 3.75. The highest BCUT2D eigenvalue weighted by molar-refractivity contribution is 9.10. The maximum atomic E-state index is 12.3. The quantitative estimate of drug-likeness (QED) is 0.277. The molecule has 0 aliphatic heterocycles. The Labute approximate surface area is 214 Å². The average molecular weight is 546 g/mol.